The summed E-state index contributed by atoms with van der Waals surface area (Å²) in [6.07, 6.45) is 0. The minimum absolute atomic E-state index is 0.0983. The molecule has 110 valence electrons. The van der Waals surface area contributed by atoms with E-state index >= 15 is 0 Å². The molecule has 0 aliphatic carbocycles. The first-order chi connectivity index (χ1) is 8.95. The lowest BCUT2D eigenvalue weighted by Crippen LogP contribution is -2.42. The minimum Gasteiger partial charge on any atom is -0.383 e. The number of thiophene rings is 1. The van der Waals surface area contributed by atoms with E-state index in [4.69, 9.17) is 10.5 Å². The highest BCUT2D eigenvalue weighted by molar-refractivity contribution is 9.11. The zero-order chi connectivity index (χ0) is 14.4. The van der Waals surface area contributed by atoms with Gasteiger partial charge in [0, 0.05) is 31.1 Å². The first-order valence-corrected chi connectivity index (χ1v) is 8.30. The van der Waals surface area contributed by atoms with Crippen LogP contribution in [0.4, 0.5) is 0 Å². The average Bonchev–Trinajstić information content (AvgIpc) is 2.71. The molecule has 0 aromatic carbocycles. The fraction of sp³-hybridized carbons (Fsp3) is 0.714. The third-order valence-corrected chi connectivity index (χ3v) is 4.65. The van der Waals surface area contributed by atoms with Gasteiger partial charge in [0.25, 0.3) is 0 Å². The molecule has 0 spiro atoms. The number of hydrogen-bond donors (Lipinski definition) is 1. The van der Waals surface area contributed by atoms with Gasteiger partial charge >= 0.3 is 0 Å². The summed E-state index contributed by atoms with van der Waals surface area (Å²) in [5, 5.41) is 0. The van der Waals surface area contributed by atoms with Gasteiger partial charge in [-0.15, -0.1) is 11.3 Å². The number of methoxy groups -OCH3 is 1. The van der Waals surface area contributed by atoms with E-state index in [1.54, 1.807) is 18.4 Å². The van der Waals surface area contributed by atoms with Crippen LogP contribution in [-0.2, 0) is 4.74 Å². The van der Waals surface area contributed by atoms with E-state index in [0.29, 0.717) is 5.92 Å². The molecule has 1 rings (SSSR count). The Morgan fingerprint density at radius 2 is 2.05 bits per heavy atom. The normalized spacial score (nSPS) is 15.2. The molecule has 2 unspecified atom stereocenters. The molecule has 0 bridgehead atoms. The summed E-state index contributed by atoms with van der Waals surface area (Å²) in [4.78, 5) is 3.76. The van der Waals surface area contributed by atoms with Crippen molar-refractivity contribution < 1.29 is 4.74 Å². The highest BCUT2D eigenvalue weighted by atomic mass is 79.9. The van der Waals surface area contributed by atoms with E-state index in [9.17, 15) is 0 Å². The van der Waals surface area contributed by atoms with Gasteiger partial charge in [0.05, 0.1) is 16.4 Å². The number of nitrogens with two attached hydrogens (primary N) is 1. The van der Waals surface area contributed by atoms with E-state index in [1.165, 1.54) is 4.88 Å². The Morgan fingerprint density at radius 1 is 1.37 bits per heavy atom. The topological polar surface area (TPSA) is 38.5 Å². The molecule has 0 aliphatic heterocycles. The predicted octanol–water partition coefficient (Wildman–Crippen LogP) is 3.50. The van der Waals surface area contributed by atoms with Crippen LogP contribution in [0.2, 0.25) is 0 Å². The first kappa shape index (κ1) is 17.1. The molecule has 5 heteroatoms. The van der Waals surface area contributed by atoms with Crippen molar-refractivity contribution in [1.29, 1.82) is 0 Å². The Morgan fingerprint density at radius 3 is 2.47 bits per heavy atom. The second kappa shape index (κ2) is 8.37. The molecular weight excluding hydrogens is 324 g/mol. The van der Waals surface area contributed by atoms with Crippen molar-refractivity contribution in [2.45, 2.75) is 32.9 Å². The number of ether oxygens (including phenoxy) is 1. The van der Waals surface area contributed by atoms with Gasteiger partial charge in [-0.05, 0) is 40.9 Å². The summed E-state index contributed by atoms with van der Waals surface area (Å²) in [6.45, 7) is 9.24. The molecule has 0 fully saturated rings. The standard InChI is InChI=1S/C14H25BrN2OS/c1-10(2)9-17(7-8-18-4)14(11(3)16)12-5-6-13(15)19-12/h5-6,10-11,14H,7-9,16H2,1-4H3. The van der Waals surface area contributed by atoms with Crippen molar-refractivity contribution in [3.63, 3.8) is 0 Å². The summed E-state index contributed by atoms with van der Waals surface area (Å²) in [5.41, 5.74) is 6.24. The molecule has 0 radical (unpaired) electrons. The van der Waals surface area contributed by atoms with Crippen LogP contribution in [0.1, 0.15) is 31.7 Å². The molecule has 3 nitrogen and oxygen atoms in total. The van der Waals surface area contributed by atoms with Crippen LogP contribution < -0.4 is 5.73 Å². The van der Waals surface area contributed by atoms with Gasteiger partial charge in [-0.3, -0.25) is 4.90 Å². The first-order valence-electron chi connectivity index (χ1n) is 6.69. The van der Waals surface area contributed by atoms with Crippen LogP contribution in [0.25, 0.3) is 0 Å². The highest BCUT2D eigenvalue weighted by Crippen LogP contribution is 2.32. The van der Waals surface area contributed by atoms with E-state index in [0.717, 1.165) is 23.5 Å². The monoisotopic (exact) mass is 348 g/mol. The molecule has 0 saturated carbocycles. The lowest BCUT2D eigenvalue weighted by molar-refractivity contribution is 0.102. The molecule has 0 aliphatic rings. The van der Waals surface area contributed by atoms with Crippen LogP contribution >= 0.6 is 27.3 Å². The third kappa shape index (κ3) is 5.52. The SMILES string of the molecule is COCCN(CC(C)C)C(c1ccc(Br)s1)C(C)N. The predicted molar refractivity (Wildman–Crippen MR) is 86.7 cm³/mol. The molecule has 1 heterocycles. The Labute approximate surface area is 129 Å². The summed E-state index contributed by atoms with van der Waals surface area (Å²) in [7, 11) is 1.75. The van der Waals surface area contributed by atoms with Crippen molar-refractivity contribution >= 4 is 27.3 Å². The second-order valence-corrected chi connectivity index (χ2v) is 7.82. The van der Waals surface area contributed by atoms with Crippen LogP contribution in [0.5, 0.6) is 0 Å². The van der Waals surface area contributed by atoms with Gasteiger partial charge in [-0.1, -0.05) is 13.8 Å². The molecular formula is C14H25BrN2OS. The van der Waals surface area contributed by atoms with Gasteiger partial charge < -0.3 is 10.5 Å². The Hall–Kier alpha value is 0.0600. The van der Waals surface area contributed by atoms with Gasteiger partial charge in [-0.25, -0.2) is 0 Å². The highest BCUT2D eigenvalue weighted by Gasteiger charge is 2.25. The molecule has 2 N–H and O–H groups in total. The second-order valence-electron chi connectivity index (χ2n) is 5.33. The van der Waals surface area contributed by atoms with Crippen molar-refractivity contribution in [3.05, 3.63) is 20.8 Å². The maximum Gasteiger partial charge on any atom is 0.0702 e. The largest absolute Gasteiger partial charge is 0.383 e. The molecule has 0 saturated heterocycles. The van der Waals surface area contributed by atoms with Crippen molar-refractivity contribution in [2.24, 2.45) is 11.7 Å². The molecule has 2 atom stereocenters. The van der Waals surface area contributed by atoms with E-state index < -0.39 is 0 Å². The molecule has 1 aromatic rings. The smallest absolute Gasteiger partial charge is 0.0702 e. The van der Waals surface area contributed by atoms with Crippen molar-refractivity contribution in [1.82, 2.24) is 4.90 Å². The summed E-state index contributed by atoms with van der Waals surface area (Å²) < 4.78 is 6.39. The molecule has 0 amide bonds. The zero-order valence-electron chi connectivity index (χ0n) is 12.2. The zero-order valence-corrected chi connectivity index (χ0v) is 14.6. The van der Waals surface area contributed by atoms with Crippen molar-refractivity contribution in [2.75, 3.05) is 26.8 Å². The van der Waals surface area contributed by atoms with Crippen LogP contribution in [0.15, 0.2) is 15.9 Å². The van der Waals surface area contributed by atoms with Gasteiger partial charge in [-0.2, -0.15) is 0 Å². The Bertz CT molecular complexity index is 368. The molecule has 19 heavy (non-hydrogen) atoms. The maximum atomic E-state index is 6.24. The minimum atomic E-state index is 0.0983. The van der Waals surface area contributed by atoms with Gasteiger partial charge in [0.15, 0.2) is 0 Å². The lowest BCUT2D eigenvalue weighted by Gasteiger charge is -2.34. The van der Waals surface area contributed by atoms with Crippen LogP contribution in [-0.4, -0.2) is 37.7 Å². The average molecular weight is 349 g/mol. The molecule has 1 aromatic heterocycles. The van der Waals surface area contributed by atoms with Gasteiger partial charge in [0.1, 0.15) is 0 Å². The Kier molecular flexibility index (Phi) is 7.54. The van der Waals surface area contributed by atoms with Crippen LogP contribution in [0, 0.1) is 5.92 Å². The Balaban J connectivity index is 2.90. The van der Waals surface area contributed by atoms with Crippen molar-refractivity contribution in [3.8, 4) is 0 Å². The summed E-state index contributed by atoms with van der Waals surface area (Å²) >= 11 is 5.30. The van der Waals surface area contributed by atoms with E-state index in [2.05, 4.69) is 53.7 Å². The van der Waals surface area contributed by atoms with E-state index in [-0.39, 0.29) is 12.1 Å². The number of hydrogen-bond acceptors (Lipinski definition) is 4. The fourth-order valence-corrected chi connectivity index (χ4v) is 3.96. The maximum absolute atomic E-state index is 6.24. The van der Waals surface area contributed by atoms with E-state index in [1.807, 2.05) is 0 Å². The quantitative estimate of drug-likeness (QED) is 0.781. The fourth-order valence-electron chi connectivity index (χ4n) is 2.28. The van der Waals surface area contributed by atoms with Crippen LogP contribution in [0.3, 0.4) is 0 Å². The van der Waals surface area contributed by atoms with Gasteiger partial charge in [0.2, 0.25) is 0 Å². The number of halogens is 1. The third-order valence-electron chi connectivity index (χ3n) is 2.96. The number of rotatable bonds is 8. The number of nitrogens with zero attached hydrogens (tertiary/aromatic N) is 1. The lowest BCUT2D eigenvalue weighted by atomic mass is 10.0. The summed E-state index contributed by atoms with van der Waals surface area (Å²) in [6, 6.07) is 4.62. The summed E-state index contributed by atoms with van der Waals surface area (Å²) in [5.74, 6) is 0.613.